The standard InChI is InChI=1S/C11H18N2O/c1-2-3-10(14)5-4-9-8-13-7-6-11(9)12/h6-8,10,14H,2-5H2,1H3,(H2,12,13). The molecule has 0 bridgehead atoms. The summed E-state index contributed by atoms with van der Waals surface area (Å²) < 4.78 is 0. The lowest BCUT2D eigenvalue weighted by Crippen LogP contribution is -2.08. The van der Waals surface area contributed by atoms with E-state index in [2.05, 4.69) is 11.9 Å². The minimum Gasteiger partial charge on any atom is -0.398 e. The number of hydrogen-bond donors (Lipinski definition) is 2. The van der Waals surface area contributed by atoms with Crippen LogP contribution in [0, 0.1) is 0 Å². The van der Waals surface area contributed by atoms with Gasteiger partial charge in [0.05, 0.1) is 6.10 Å². The molecular formula is C11H18N2O. The van der Waals surface area contributed by atoms with Gasteiger partial charge in [0, 0.05) is 18.1 Å². The summed E-state index contributed by atoms with van der Waals surface area (Å²) in [6.45, 7) is 2.07. The molecule has 0 aliphatic heterocycles. The van der Waals surface area contributed by atoms with Gasteiger partial charge in [-0.15, -0.1) is 0 Å². The van der Waals surface area contributed by atoms with Gasteiger partial charge in [0.2, 0.25) is 0 Å². The molecule has 0 aromatic carbocycles. The average molecular weight is 194 g/mol. The lowest BCUT2D eigenvalue weighted by molar-refractivity contribution is 0.154. The Bertz CT molecular complexity index is 276. The van der Waals surface area contributed by atoms with E-state index in [0.717, 1.165) is 36.9 Å². The molecule has 1 aromatic rings. The number of aromatic nitrogens is 1. The predicted molar refractivity (Wildman–Crippen MR) is 57.9 cm³/mol. The molecular weight excluding hydrogens is 176 g/mol. The second-order valence-corrected chi connectivity index (χ2v) is 3.56. The summed E-state index contributed by atoms with van der Waals surface area (Å²) in [5.41, 5.74) is 7.56. The molecule has 0 saturated heterocycles. The molecule has 3 nitrogen and oxygen atoms in total. The van der Waals surface area contributed by atoms with Crippen LogP contribution in [0.25, 0.3) is 0 Å². The van der Waals surface area contributed by atoms with Gasteiger partial charge in [-0.3, -0.25) is 4.98 Å². The number of rotatable bonds is 5. The van der Waals surface area contributed by atoms with Crippen molar-refractivity contribution in [1.82, 2.24) is 4.98 Å². The zero-order valence-electron chi connectivity index (χ0n) is 8.61. The quantitative estimate of drug-likeness (QED) is 0.750. The summed E-state index contributed by atoms with van der Waals surface area (Å²) >= 11 is 0. The fraction of sp³-hybridized carbons (Fsp3) is 0.545. The second-order valence-electron chi connectivity index (χ2n) is 3.56. The minimum atomic E-state index is -0.209. The summed E-state index contributed by atoms with van der Waals surface area (Å²) in [6, 6.07) is 1.79. The highest BCUT2D eigenvalue weighted by molar-refractivity contribution is 5.44. The summed E-state index contributed by atoms with van der Waals surface area (Å²) in [4.78, 5) is 4.01. The molecule has 0 aliphatic rings. The minimum absolute atomic E-state index is 0.209. The number of hydrogen-bond acceptors (Lipinski definition) is 3. The van der Waals surface area contributed by atoms with Crippen LogP contribution in [0.5, 0.6) is 0 Å². The summed E-state index contributed by atoms with van der Waals surface area (Å²) in [5, 5.41) is 9.54. The highest BCUT2D eigenvalue weighted by Crippen LogP contribution is 2.13. The van der Waals surface area contributed by atoms with Crippen molar-refractivity contribution < 1.29 is 5.11 Å². The fourth-order valence-corrected chi connectivity index (χ4v) is 1.45. The first-order valence-electron chi connectivity index (χ1n) is 5.10. The number of aliphatic hydroxyl groups excluding tert-OH is 1. The molecule has 1 heterocycles. The van der Waals surface area contributed by atoms with Crippen molar-refractivity contribution in [3.05, 3.63) is 24.0 Å². The van der Waals surface area contributed by atoms with Crippen LogP contribution in [0.4, 0.5) is 5.69 Å². The predicted octanol–water partition coefficient (Wildman–Crippen LogP) is 1.76. The van der Waals surface area contributed by atoms with E-state index in [9.17, 15) is 5.11 Å². The zero-order chi connectivity index (χ0) is 10.4. The van der Waals surface area contributed by atoms with Crippen LogP contribution in [0.1, 0.15) is 31.7 Å². The maximum atomic E-state index is 9.54. The van der Waals surface area contributed by atoms with Gasteiger partial charge in [-0.1, -0.05) is 13.3 Å². The van der Waals surface area contributed by atoms with E-state index in [1.54, 1.807) is 18.5 Å². The third kappa shape index (κ3) is 3.34. The molecule has 1 atom stereocenters. The molecule has 0 aliphatic carbocycles. The fourth-order valence-electron chi connectivity index (χ4n) is 1.45. The van der Waals surface area contributed by atoms with Crippen molar-refractivity contribution in [3.63, 3.8) is 0 Å². The third-order valence-electron chi connectivity index (χ3n) is 2.31. The first kappa shape index (κ1) is 11.0. The van der Waals surface area contributed by atoms with Gasteiger partial charge in [0.1, 0.15) is 0 Å². The van der Waals surface area contributed by atoms with Crippen molar-refractivity contribution in [2.24, 2.45) is 0 Å². The molecule has 3 heteroatoms. The van der Waals surface area contributed by atoms with Gasteiger partial charge in [0.25, 0.3) is 0 Å². The maximum absolute atomic E-state index is 9.54. The van der Waals surface area contributed by atoms with Crippen LogP contribution in [-0.4, -0.2) is 16.2 Å². The van der Waals surface area contributed by atoms with Crippen molar-refractivity contribution >= 4 is 5.69 Å². The molecule has 0 amide bonds. The van der Waals surface area contributed by atoms with E-state index in [1.807, 2.05) is 0 Å². The molecule has 0 radical (unpaired) electrons. The lowest BCUT2D eigenvalue weighted by atomic mass is 10.0. The van der Waals surface area contributed by atoms with Gasteiger partial charge >= 0.3 is 0 Å². The molecule has 0 spiro atoms. The zero-order valence-corrected chi connectivity index (χ0v) is 8.61. The number of aryl methyl sites for hydroxylation is 1. The van der Waals surface area contributed by atoms with E-state index < -0.39 is 0 Å². The van der Waals surface area contributed by atoms with Gasteiger partial charge in [-0.05, 0) is 30.9 Å². The van der Waals surface area contributed by atoms with Crippen molar-refractivity contribution in [2.45, 2.75) is 38.7 Å². The topological polar surface area (TPSA) is 59.1 Å². The first-order chi connectivity index (χ1) is 6.74. The van der Waals surface area contributed by atoms with Crippen molar-refractivity contribution in [2.75, 3.05) is 5.73 Å². The smallest absolute Gasteiger partial charge is 0.0543 e. The van der Waals surface area contributed by atoms with Crippen molar-refractivity contribution in [1.29, 1.82) is 0 Å². The molecule has 1 unspecified atom stereocenters. The lowest BCUT2D eigenvalue weighted by Gasteiger charge is -2.09. The van der Waals surface area contributed by atoms with Gasteiger partial charge in [-0.25, -0.2) is 0 Å². The average Bonchev–Trinajstić information content (AvgIpc) is 2.17. The Morgan fingerprint density at radius 2 is 2.29 bits per heavy atom. The van der Waals surface area contributed by atoms with E-state index in [0.29, 0.717) is 0 Å². The van der Waals surface area contributed by atoms with Crippen LogP contribution in [0.15, 0.2) is 18.5 Å². The Labute approximate surface area is 85.0 Å². The van der Waals surface area contributed by atoms with Gasteiger partial charge in [-0.2, -0.15) is 0 Å². The van der Waals surface area contributed by atoms with Gasteiger partial charge < -0.3 is 10.8 Å². The molecule has 78 valence electrons. The Kier molecular flexibility index (Phi) is 4.40. The van der Waals surface area contributed by atoms with Crippen molar-refractivity contribution in [3.8, 4) is 0 Å². The normalized spacial score (nSPS) is 12.7. The molecule has 14 heavy (non-hydrogen) atoms. The second kappa shape index (κ2) is 5.60. The summed E-state index contributed by atoms with van der Waals surface area (Å²) in [7, 11) is 0. The van der Waals surface area contributed by atoms with E-state index in [4.69, 9.17) is 5.73 Å². The largest absolute Gasteiger partial charge is 0.398 e. The first-order valence-corrected chi connectivity index (χ1v) is 5.10. The highest BCUT2D eigenvalue weighted by Gasteiger charge is 2.04. The Morgan fingerprint density at radius 3 is 2.93 bits per heavy atom. The summed E-state index contributed by atoms with van der Waals surface area (Å²) in [5.74, 6) is 0. The molecule has 1 rings (SSSR count). The molecule has 0 saturated carbocycles. The molecule has 3 N–H and O–H groups in total. The Morgan fingerprint density at radius 1 is 1.50 bits per heavy atom. The maximum Gasteiger partial charge on any atom is 0.0543 e. The molecule has 1 aromatic heterocycles. The number of anilines is 1. The third-order valence-corrected chi connectivity index (χ3v) is 2.31. The number of nitrogens with zero attached hydrogens (tertiary/aromatic N) is 1. The van der Waals surface area contributed by atoms with Crippen LogP contribution in [0.2, 0.25) is 0 Å². The van der Waals surface area contributed by atoms with E-state index in [1.165, 1.54) is 0 Å². The number of nitrogens with two attached hydrogens (primary N) is 1. The Hall–Kier alpha value is -1.09. The highest BCUT2D eigenvalue weighted by atomic mass is 16.3. The number of aliphatic hydroxyl groups is 1. The SMILES string of the molecule is CCCC(O)CCc1cnccc1N. The van der Waals surface area contributed by atoms with Gasteiger partial charge in [0.15, 0.2) is 0 Å². The number of nitrogen functional groups attached to an aromatic ring is 1. The number of pyridine rings is 1. The van der Waals surface area contributed by atoms with E-state index in [-0.39, 0.29) is 6.10 Å². The molecule has 0 fully saturated rings. The summed E-state index contributed by atoms with van der Waals surface area (Å²) in [6.07, 6.45) is 6.70. The Balaban J connectivity index is 2.41. The van der Waals surface area contributed by atoms with Crippen LogP contribution in [-0.2, 0) is 6.42 Å². The van der Waals surface area contributed by atoms with Crippen LogP contribution >= 0.6 is 0 Å². The van der Waals surface area contributed by atoms with Crippen LogP contribution in [0.3, 0.4) is 0 Å². The van der Waals surface area contributed by atoms with Crippen LogP contribution < -0.4 is 5.73 Å². The van der Waals surface area contributed by atoms with E-state index >= 15 is 0 Å². The monoisotopic (exact) mass is 194 g/mol.